The average Bonchev–Trinajstić information content (AvgIpc) is 3.42. The zero-order chi connectivity index (χ0) is 28.7. The zero-order valence-corrected chi connectivity index (χ0v) is 24.5. The minimum atomic E-state index is -0.882. The van der Waals surface area contributed by atoms with Crippen LogP contribution in [0.2, 0.25) is 0 Å². The molecule has 9 nitrogen and oxygen atoms in total. The van der Waals surface area contributed by atoms with E-state index in [0.29, 0.717) is 31.5 Å². The molecule has 3 aromatic heterocycles. The summed E-state index contributed by atoms with van der Waals surface area (Å²) < 4.78 is 9.39. The summed E-state index contributed by atoms with van der Waals surface area (Å²) in [4.78, 5) is 25.4. The highest BCUT2D eigenvalue weighted by Gasteiger charge is 2.33. The third-order valence-corrected chi connectivity index (χ3v) is 8.57. The Morgan fingerprint density at radius 1 is 1.10 bits per heavy atom. The lowest BCUT2D eigenvalue weighted by Gasteiger charge is -2.42. The largest absolute Gasteiger partial charge is 0.389 e. The molecule has 2 aliphatic rings. The molecule has 0 amide bonds. The van der Waals surface area contributed by atoms with Crippen molar-refractivity contribution < 1.29 is 9.84 Å². The molecular formula is C32H40N6O3. The molecule has 1 atom stereocenters. The molecule has 0 bridgehead atoms. The maximum Gasteiger partial charge on any atom is 0.253 e. The van der Waals surface area contributed by atoms with Gasteiger partial charge in [0.15, 0.2) is 5.82 Å². The highest BCUT2D eigenvalue weighted by atomic mass is 16.5. The van der Waals surface area contributed by atoms with Crippen molar-refractivity contribution in [3.63, 3.8) is 0 Å². The smallest absolute Gasteiger partial charge is 0.253 e. The fourth-order valence-corrected chi connectivity index (χ4v) is 6.46. The van der Waals surface area contributed by atoms with Crippen molar-refractivity contribution in [2.45, 2.75) is 71.1 Å². The van der Waals surface area contributed by atoms with Crippen LogP contribution in [-0.4, -0.2) is 60.8 Å². The van der Waals surface area contributed by atoms with E-state index in [-0.39, 0.29) is 11.6 Å². The second-order valence-corrected chi connectivity index (χ2v) is 12.3. The number of hydrogen-bond acceptors (Lipinski definition) is 7. The number of ether oxygens (including phenoxy) is 1. The molecule has 216 valence electrons. The number of benzene rings is 1. The Labute approximate surface area is 240 Å². The lowest BCUT2D eigenvalue weighted by atomic mass is 9.83. The van der Waals surface area contributed by atoms with E-state index in [1.165, 1.54) is 32.1 Å². The Hall–Kier alpha value is -3.56. The molecule has 0 spiro atoms. The predicted octanol–water partition coefficient (Wildman–Crippen LogP) is 4.72. The summed E-state index contributed by atoms with van der Waals surface area (Å²) >= 11 is 0. The van der Waals surface area contributed by atoms with Gasteiger partial charge in [-0.05, 0) is 68.9 Å². The van der Waals surface area contributed by atoms with Gasteiger partial charge < -0.3 is 19.3 Å². The van der Waals surface area contributed by atoms with Gasteiger partial charge in [0.25, 0.3) is 5.56 Å². The van der Waals surface area contributed by atoms with E-state index in [9.17, 15) is 9.90 Å². The van der Waals surface area contributed by atoms with Crippen molar-refractivity contribution in [3.05, 3.63) is 58.8 Å². The summed E-state index contributed by atoms with van der Waals surface area (Å²) in [6.45, 7) is 7.91. The minimum Gasteiger partial charge on any atom is -0.389 e. The molecule has 6 rings (SSSR count). The predicted molar refractivity (Wildman–Crippen MR) is 161 cm³/mol. The number of hydrogen-bond donors (Lipinski definition) is 1. The van der Waals surface area contributed by atoms with Crippen molar-refractivity contribution >= 4 is 16.7 Å². The summed E-state index contributed by atoms with van der Waals surface area (Å²) in [5.41, 5.74) is 3.40. The van der Waals surface area contributed by atoms with Crippen LogP contribution in [0, 0.1) is 12.8 Å². The Morgan fingerprint density at radius 2 is 1.90 bits per heavy atom. The van der Waals surface area contributed by atoms with Crippen LogP contribution < -0.4 is 10.5 Å². The van der Waals surface area contributed by atoms with E-state index in [0.717, 1.165) is 45.5 Å². The number of rotatable bonds is 6. The molecule has 1 N–H and O–H groups in total. The van der Waals surface area contributed by atoms with Gasteiger partial charge in [-0.3, -0.25) is 9.48 Å². The summed E-state index contributed by atoms with van der Waals surface area (Å²) in [5, 5.41) is 15.7. The number of aliphatic hydroxyl groups is 1. The number of aromatic nitrogens is 5. The molecule has 1 aliphatic carbocycles. The van der Waals surface area contributed by atoms with E-state index >= 15 is 0 Å². The van der Waals surface area contributed by atoms with Crippen LogP contribution in [0.3, 0.4) is 0 Å². The van der Waals surface area contributed by atoms with Crippen LogP contribution in [0.25, 0.3) is 33.4 Å². The third-order valence-electron chi connectivity index (χ3n) is 8.57. The number of nitrogens with zero attached hydrogens (tertiary/aromatic N) is 6. The van der Waals surface area contributed by atoms with Gasteiger partial charge in [0.1, 0.15) is 5.82 Å². The Kier molecular flexibility index (Phi) is 7.42. The van der Waals surface area contributed by atoms with E-state index in [1.54, 1.807) is 36.3 Å². The number of fused-ring (bicyclic) bond motifs is 1. The van der Waals surface area contributed by atoms with Crippen LogP contribution in [0.5, 0.6) is 0 Å². The highest BCUT2D eigenvalue weighted by Crippen LogP contribution is 2.37. The van der Waals surface area contributed by atoms with E-state index < -0.39 is 5.60 Å². The van der Waals surface area contributed by atoms with E-state index in [4.69, 9.17) is 14.7 Å². The van der Waals surface area contributed by atoms with Gasteiger partial charge >= 0.3 is 0 Å². The monoisotopic (exact) mass is 556 g/mol. The number of pyridine rings is 1. The minimum absolute atomic E-state index is 0.00280. The first-order chi connectivity index (χ1) is 19.7. The Bertz CT molecular complexity index is 1610. The van der Waals surface area contributed by atoms with Gasteiger partial charge in [-0.2, -0.15) is 5.10 Å². The van der Waals surface area contributed by atoms with E-state index in [1.807, 2.05) is 37.5 Å². The van der Waals surface area contributed by atoms with Crippen molar-refractivity contribution in [2.24, 2.45) is 13.0 Å². The average molecular weight is 557 g/mol. The molecule has 1 aliphatic heterocycles. The van der Waals surface area contributed by atoms with Crippen LogP contribution in [0.4, 0.5) is 5.82 Å². The molecule has 9 heteroatoms. The summed E-state index contributed by atoms with van der Waals surface area (Å²) in [6, 6.07) is 8.47. The van der Waals surface area contributed by atoms with Gasteiger partial charge in [0.05, 0.1) is 48.7 Å². The number of anilines is 1. The summed E-state index contributed by atoms with van der Waals surface area (Å²) in [7, 11) is 1.78. The summed E-state index contributed by atoms with van der Waals surface area (Å²) in [5.74, 6) is 2.08. The van der Waals surface area contributed by atoms with Crippen molar-refractivity contribution in [2.75, 3.05) is 24.7 Å². The van der Waals surface area contributed by atoms with Gasteiger partial charge in [-0.1, -0.05) is 25.3 Å². The van der Waals surface area contributed by atoms with Crippen LogP contribution in [0.1, 0.15) is 51.5 Å². The number of morpholine rings is 1. The lowest BCUT2D eigenvalue weighted by Crippen LogP contribution is -2.50. The molecular weight excluding hydrogens is 516 g/mol. The zero-order valence-electron chi connectivity index (χ0n) is 24.5. The van der Waals surface area contributed by atoms with Crippen LogP contribution in [-0.2, 0) is 18.3 Å². The second kappa shape index (κ2) is 11.0. The van der Waals surface area contributed by atoms with Gasteiger partial charge in [0.2, 0.25) is 0 Å². The number of aryl methyl sites for hydroxylation is 1. The second-order valence-electron chi connectivity index (χ2n) is 12.3. The van der Waals surface area contributed by atoms with Gasteiger partial charge in [-0.25, -0.2) is 9.97 Å². The Balaban J connectivity index is 1.50. The first kappa shape index (κ1) is 27.6. The highest BCUT2D eigenvalue weighted by molar-refractivity contribution is 5.94. The molecule has 41 heavy (non-hydrogen) atoms. The van der Waals surface area contributed by atoms with Crippen molar-refractivity contribution in [3.8, 4) is 22.5 Å². The third kappa shape index (κ3) is 5.65. The van der Waals surface area contributed by atoms with Gasteiger partial charge in [0, 0.05) is 36.9 Å². The Morgan fingerprint density at radius 3 is 2.68 bits per heavy atom. The van der Waals surface area contributed by atoms with Gasteiger partial charge in [-0.15, -0.1) is 0 Å². The quantitative estimate of drug-likeness (QED) is 0.367. The first-order valence-corrected chi connectivity index (χ1v) is 14.8. The maximum absolute atomic E-state index is 12.7. The molecule has 4 aromatic rings. The molecule has 2 fully saturated rings. The lowest BCUT2D eigenvalue weighted by molar-refractivity contribution is 0.0577. The molecule has 1 unspecified atom stereocenters. The first-order valence-electron chi connectivity index (χ1n) is 14.8. The van der Waals surface area contributed by atoms with Crippen LogP contribution >= 0.6 is 0 Å². The SMILES string of the molecule is Cc1c(-c2ccc3nc(-c4cnn(CC(C)(C)O)c4)nc(N4CCOCC4C4CCCCC4)c3c2)ccn(C)c1=O. The standard InChI is InChI=1S/C32H40N6O3/c1-21-25(12-13-36(4)31(21)39)23-10-11-27-26(16-23)30(38-14-15-41-19-28(38)22-8-6-5-7-9-22)35-29(34-27)24-17-33-37(18-24)20-32(2,3)40/h10-13,16-18,22,28,40H,5-9,14-15,19-20H2,1-4H3. The van der Waals surface area contributed by atoms with E-state index in [2.05, 4.69) is 16.1 Å². The van der Waals surface area contributed by atoms with Crippen molar-refractivity contribution in [1.82, 2.24) is 24.3 Å². The molecule has 4 heterocycles. The van der Waals surface area contributed by atoms with Crippen LogP contribution in [0.15, 0.2) is 47.7 Å². The normalized spacial score (nSPS) is 18.8. The fourth-order valence-electron chi connectivity index (χ4n) is 6.46. The maximum atomic E-state index is 12.7. The molecule has 0 radical (unpaired) electrons. The fraction of sp³-hybridized carbons (Fsp3) is 0.500. The molecule has 1 saturated heterocycles. The summed E-state index contributed by atoms with van der Waals surface area (Å²) in [6.07, 6.45) is 11.7. The topological polar surface area (TPSA) is 98.3 Å². The van der Waals surface area contributed by atoms with Crippen molar-refractivity contribution in [1.29, 1.82) is 0 Å². The molecule has 1 saturated carbocycles. The molecule has 1 aromatic carbocycles.